The van der Waals surface area contributed by atoms with E-state index < -0.39 is 0 Å². The predicted molar refractivity (Wildman–Crippen MR) is 87.6 cm³/mol. The van der Waals surface area contributed by atoms with Crippen molar-refractivity contribution >= 4 is 15.9 Å². The summed E-state index contributed by atoms with van der Waals surface area (Å²) < 4.78 is 11.9. The van der Waals surface area contributed by atoms with Crippen LogP contribution in [0.25, 0.3) is 11.4 Å². The summed E-state index contributed by atoms with van der Waals surface area (Å²) in [5.41, 5.74) is 2.18. The van der Waals surface area contributed by atoms with Gasteiger partial charge in [-0.2, -0.15) is 4.98 Å². The van der Waals surface area contributed by atoms with Crippen LogP contribution in [0.1, 0.15) is 18.4 Å². The number of hydrogen-bond donors (Lipinski definition) is 0. The summed E-state index contributed by atoms with van der Waals surface area (Å²) in [5, 5.41) is 3.98. The molecule has 1 heterocycles. The Morgan fingerprint density at radius 2 is 1.95 bits per heavy atom. The van der Waals surface area contributed by atoms with Crippen LogP contribution < -0.4 is 4.74 Å². The Morgan fingerprint density at radius 3 is 2.68 bits per heavy atom. The number of aryl methyl sites for hydroxylation is 1. The van der Waals surface area contributed by atoms with Gasteiger partial charge in [0.05, 0.1) is 0 Å². The molecule has 0 atom stereocenters. The Balaban J connectivity index is 1.66. The molecule has 0 spiro atoms. The van der Waals surface area contributed by atoms with Gasteiger partial charge in [-0.3, -0.25) is 0 Å². The zero-order valence-electron chi connectivity index (χ0n) is 12.1. The van der Waals surface area contributed by atoms with Crippen molar-refractivity contribution in [2.75, 3.05) is 0 Å². The molecule has 0 aliphatic rings. The molecular weight excluding hydrogens is 344 g/mol. The highest BCUT2D eigenvalue weighted by atomic mass is 79.9. The molecule has 0 saturated carbocycles. The first-order valence-corrected chi connectivity index (χ1v) is 7.84. The van der Waals surface area contributed by atoms with Crippen LogP contribution >= 0.6 is 15.9 Å². The third-order valence-electron chi connectivity index (χ3n) is 3.24. The lowest BCUT2D eigenvalue weighted by molar-refractivity contribution is 0.243. The quantitative estimate of drug-likeness (QED) is 0.666. The molecular formula is C17H15BrN2O2. The number of nitrogens with zero attached hydrogens (tertiary/aromatic N) is 2. The van der Waals surface area contributed by atoms with Crippen molar-refractivity contribution in [3.63, 3.8) is 0 Å². The molecule has 0 fully saturated rings. The van der Waals surface area contributed by atoms with Crippen LogP contribution in [0.4, 0.5) is 0 Å². The molecule has 4 nitrogen and oxygen atoms in total. The summed E-state index contributed by atoms with van der Waals surface area (Å²) in [6.07, 6.45) is 1.01. The number of benzene rings is 2. The number of halogens is 1. The number of aromatic nitrogens is 2. The van der Waals surface area contributed by atoms with Crippen LogP contribution in [0.15, 0.2) is 57.5 Å². The van der Waals surface area contributed by atoms with E-state index in [4.69, 9.17) is 9.26 Å². The van der Waals surface area contributed by atoms with Crippen molar-refractivity contribution < 1.29 is 9.26 Å². The molecule has 0 unspecified atom stereocenters. The lowest BCUT2D eigenvalue weighted by atomic mass is 10.2. The molecule has 0 saturated heterocycles. The molecule has 0 bridgehead atoms. The molecule has 3 aromatic rings. The van der Waals surface area contributed by atoms with Gasteiger partial charge in [0.2, 0.25) is 5.82 Å². The first kappa shape index (κ1) is 14.8. The van der Waals surface area contributed by atoms with Crippen LogP contribution in [0, 0.1) is 0 Å². The maximum absolute atomic E-state index is 5.66. The van der Waals surface area contributed by atoms with Gasteiger partial charge in [-0.15, -0.1) is 0 Å². The highest BCUT2D eigenvalue weighted by molar-refractivity contribution is 9.10. The van der Waals surface area contributed by atoms with E-state index >= 15 is 0 Å². The van der Waals surface area contributed by atoms with E-state index in [9.17, 15) is 0 Å². The molecule has 112 valence electrons. The first-order valence-electron chi connectivity index (χ1n) is 7.05. The van der Waals surface area contributed by atoms with E-state index in [0.717, 1.165) is 22.2 Å². The normalized spacial score (nSPS) is 10.6. The fourth-order valence-electron chi connectivity index (χ4n) is 2.02. The Kier molecular flexibility index (Phi) is 4.53. The van der Waals surface area contributed by atoms with Crippen LogP contribution in [0.3, 0.4) is 0 Å². The molecule has 0 aliphatic heterocycles. The monoisotopic (exact) mass is 358 g/mol. The minimum Gasteiger partial charge on any atom is -0.484 e. The van der Waals surface area contributed by atoms with Gasteiger partial charge in [0, 0.05) is 10.0 Å². The zero-order chi connectivity index (χ0) is 15.4. The third-order valence-corrected chi connectivity index (χ3v) is 3.74. The molecule has 0 aliphatic carbocycles. The lowest BCUT2D eigenvalue weighted by Gasteiger charge is -2.03. The van der Waals surface area contributed by atoms with Crippen LogP contribution in [0.2, 0.25) is 0 Å². The number of hydrogen-bond acceptors (Lipinski definition) is 4. The van der Waals surface area contributed by atoms with Gasteiger partial charge in [0.25, 0.3) is 5.89 Å². The largest absolute Gasteiger partial charge is 0.484 e. The molecule has 0 N–H and O–H groups in total. The summed E-state index contributed by atoms with van der Waals surface area (Å²) in [5.74, 6) is 1.80. The lowest BCUT2D eigenvalue weighted by Crippen LogP contribution is -1.95. The molecule has 5 heteroatoms. The standard InChI is InChI=1S/C17H15BrN2O2/c1-2-12-6-8-15(9-7-12)21-11-16-19-17(20-22-16)13-4-3-5-14(18)10-13/h3-10H,2,11H2,1H3. The van der Waals surface area contributed by atoms with Crippen molar-refractivity contribution in [3.05, 3.63) is 64.5 Å². The molecule has 1 aromatic heterocycles. The smallest absolute Gasteiger partial charge is 0.264 e. The molecule has 3 rings (SSSR count). The fourth-order valence-corrected chi connectivity index (χ4v) is 2.42. The highest BCUT2D eigenvalue weighted by Gasteiger charge is 2.09. The Hall–Kier alpha value is -2.14. The summed E-state index contributed by atoms with van der Waals surface area (Å²) in [6, 6.07) is 15.8. The van der Waals surface area contributed by atoms with Gasteiger partial charge >= 0.3 is 0 Å². The van der Waals surface area contributed by atoms with Crippen molar-refractivity contribution in [2.45, 2.75) is 20.0 Å². The number of ether oxygens (including phenoxy) is 1. The first-order chi connectivity index (χ1) is 10.7. The minimum atomic E-state index is 0.256. The van der Waals surface area contributed by atoms with E-state index in [-0.39, 0.29) is 6.61 Å². The molecule has 0 amide bonds. The summed E-state index contributed by atoms with van der Waals surface area (Å²) >= 11 is 3.43. The Morgan fingerprint density at radius 1 is 1.14 bits per heavy atom. The highest BCUT2D eigenvalue weighted by Crippen LogP contribution is 2.21. The maximum atomic E-state index is 5.66. The maximum Gasteiger partial charge on any atom is 0.264 e. The fraction of sp³-hybridized carbons (Fsp3) is 0.176. The summed E-state index contributed by atoms with van der Waals surface area (Å²) in [4.78, 5) is 4.35. The van der Waals surface area contributed by atoms with E-state index in [1.807, 2.05) is 36.4 Å². The second-order valence-corrected chi connectivity index (χ2v) is 5.72. The molecule has 22 heavy (non-hydrogen) atoms. The topological polar surface area (TPSA) is 48.2 Å². The van der Waals surface area contributed by atoms with Crippen LogP contribution in [-0.4, -0.2) is 10.1 Å². The SMILES string of the molecule is CCc1ccc(OCc2nc(-c3cccc(Br)c3)no2)cc1. The van der Waals surface area contributed by atoms with Gasteiger partial charge < -0.3 is 9.26 Å². The average molecular weight is 359 g/mol. The Labute approximate surface area is 137 Å². The Bertz CT molecular complexity index is 753. The van der Waals surface area contributed by atoms with Crippen molar-refractivity contribution in [1.29, 1.82) is 0 Å². The van der Waals surface area contributed by atoms with Gasteiger partial charge in [-0.25, -0.2) is 0 Å². The van der Waals surface area contributed by atoms with E-state index in [0.29, 0.717) is 11.7 Å². The van der Waals surface area contributed by atoms with Crippen molar-refractivity contribution in [3.8, 4) is 17.1 Å². The van der Waals surface area contributed by atoms with E-state index in [2.05, 4.69) is 45.1 Å². The number of rotatable bonds is 5. The van der Waals surface area contributed by atoms with Crippen LogP contribution in [-0.2, 0) is 13.0 Å². The molecule has 2 aromatic carbocycles. The van der Waals surface area contributed by atoms with Gasteiger partial charge in [0.1, 0.15) is 5.75 Å². The zero-order valence-corrected chi connectivity index (χ0v) is 13.7. The van der Waals surface area contributed by atoms with Crippen molar-refractivity contribution in [2.24, 2.45) is 0 Å². The molecule has 0 radical (unpaired) electrons. The predicted octanol–water partition coefficient (Wildman–Crippen LogP) is 4.64. The minimum absolute atomic E-state index is 0.256. The average Bonchev–Trinajstić information content (AvgIpc) is 3.02. The summed E-state index contributed by atoms with van der Waals surface area (Å²) in [6.45, 7) is 2.38. The van der Waals surface area contributed by atoms with Crippen molar-refractivity contribution in [1.82, 2.24) is 10.1 Å². The van der Waals surface area contributed by atoms with Gasteiger partial charge in [-0.1, -0.05) is 52.3 Å². The van der Waals surface area contributed by atoms with E-state index in [1.54, 1.807) is 0 Å². The third kappa shape index (κ3) is 3.54. The summed E-state index contributed by atoms with van der Waals surface area (Å²) in [7, 11) is 0. The second-order valence-electron chi connectivity index (χ2n) is 4.81. The van der Waals surface area contributed by atoms with Crippen LogP contribution in [0.5, 0.6) is 5.75 Å². The van der Waals surface area contributed by atoms with Gasteiger partial charge in [-0.05, 0) is 36.2 Å². The second kappa shape index (κ2) is 6.75. The van der Waals surface area contributed by atoms with E-state index in [1.165, 1.54) is 5.56 Å². The van der Waals surface area contributed by atoms with Gasteiger partial charge in [0.15, 0.2) is 6.61 Å².